The quantitative estimate of drug-likeness (QED) is 0.280. The van der Waals surface area contributed by atoms with Gasteiger partial charge in [0.1, 0.15) is 18.0 Å². The summed E-state index contributed by atoms with van der Waals surface area (Å²) in [4.78, 5) is 44.1. The number of likely N-dealkylation sites (tertiary alicyclic amines) is 1. The van der Waals surface area contributed by atoms with Crippen molar-refractivity contribution in [2.75, 3.05) is 32.0 Å². The molecule has 224 valence electrons. The molecule has 1 saturated heterocycles. The van der Waals surface area contributed by atoms with Crippen LogP contribution < -0.4 is 10.6 Å². The molecule has 0 bridgehead atoms. The van der Waals surface area contributed by atoms with Crippen molar-refractivity contribution in [2.45, 2.75) is 51.9 Å². The number of carbonyl (C=O) groups is 2. The van der Waals surface area contributed by atoms with Crippen LogP contribution in [0.2, 0.25) is 0 Å². The molecule has 2 amide bonds. The number of anilines is 1. The summed E-state index contributed by atoms with van der Waals surface area (Å²) in [6.45, 7) is 7.94. The zero-order valence-corrected chi connectivity index (χ0v) is 25.2. The van der Waals surface area contributed by atoms with Crippen LogP contribution in [-0.4, -0.2) is 63.3 Å². The van der Waals surface area contributed by atoms with Crippen LogP contribution in [0.25, 0.3) is 22.2 Å². The van der Waals surface area contributed by atoms with E-state index >= 15 is 0 Å². The van der Waals surface area contributed by atoms with Gasteiger partial charge in [0.2, 0.25) is 5.91 Å². The molecule has 9 nitrogen and oxygen atoms in total. The van der Waals surface area contributed by atoms with Crippen LogP contribution >= 0.6 is 0 Å². The van der Waals surface area contributed by atoms with Gasteiger partial charge in [-0.05, 0) is 61.4 Å². The Morgan fingerprint density at radius 2 is 1.86 bits per heavy atom. The third kappa shape index (κ3) is 6.48. The predicted octanol–water partition coefficient (Wildman–Crippen LogP) is 5.17. The highest BCUT2D eigenvalue weighted by Crippen LogP contribution is 2.35. The van der Waals surface area contributed by atoms with Gasteiger partial charge >= 0.3 is 0 Å². The maximum atomic E-state index is 15.0. The Kier molecular flexibility index (Phi) is 8.94. The predicted molar refractivity (Wildman–Crippen MR) is 165 cm³/mol. The monoisotopic (exact) mass is 583 g/mol. The molecule has 0 radical (unpaired) electrons. The number of hydrogen-bond donors (Lipinski definition) is 2. The molecule has 10 heteroatoms. The Morgan fingerprint density at radius 3 is 2.53 bits per heavy atom. The number of nitrogens with zero attached hydrogens (tertiary/aromatic N) is 5. The number of pyridine rings is 2. The lowest BCUT2D eigenvalue weighted by Gasteiger charge is -2.31. The Labute approximate surface area is 251 Å². The summed E-state index contributed by atoms with van der Waals surface area (Å²) >= 11 is 0. The van der Waals surface area contributed by atoms with E-state index in [-0.39, 0.29) is 22.8 Å². The Hall–Kier alpha value is -4.47. The van der Waals surface area contributed by atoms with Crippen molar-refractivity contribution < 1.29 is 14.0 Å². The average molecular weight is 584 g/mol. The molecule has 1 fully saturated rings. The molecule has 0 spiro atoms. The first-order chi connectivity index (χ1) is 20.7. The first-order valence-electron chi connectivity index (χ1n) is 14.8. The molecule has 43 heavy (non-hydrogen) atoms. The highest BCUT2D eigenvalue weighted by molar-refractivity contribution is 6.06. The molecule has 1 aliphatic rings. The maximum absolute atomic E-state index is 15.0. The maximum Gasteiger partial charge on any atom is 0.251 e. The largest absolute Gasteiger partial charge is 0.369 e. The van der Waals surface area contributed by atoms with Crippen molar-refractivity contribution in [3.05, 3.63) is 77.8 Å². The van der Waals surface area contributed by atoms with E-state index in [4.69, 9.17) is 4.98 Å². The van der Waals surface area contributed by atoms with Crippen molar-refractivity contribution in [1.82, 2.24) is 30.2 Å². The van der Waals surface area contributed by atoms with Gasteiger partial charge in [0.25, 0.3) is 5.91 Å². The van der Waals surface area contributed by atoms with Gasteiger partial charge in [-0.3, -0.25) is 19.6 Å². The summed E-state index contributed by atoms with van der Waals surface area (Å²) in [5, 5.41) is 6.26. The number of fused-ring (bicyclic) bond motifs is 1. The fraction of sp³-hybridized carbons (Fsp3) is 0.394. The van der Waals surface area contributed by atoms with Gasteiger partial charge in [0.15, 0.2) is 0 Å². The lowest BCUT2D eigenvalue weighted by Crippen LogP contribution is -2.37. The van der Waals surface area contributed by atoms with E-state index in [1.807, 2.05) is 23.2 Å². The number of amides is 2. The third-order valence-corrected chi connectivity index (χ3v) is 8.75. The minimum atomic E-state index is -0.477. The smallest absolute Gasteiger partial charge is 0.251 e. The average Bonchev–Trinajstić information content (AvgIpc) is 3.04. The van der Waals surface area contributed by atoms with Gasteiger partial charge in [-0.2, -0.15) is 0 Å². The number of benzene rings is 1. The van der Waals surface area contributed by atoms with Gasteiger partial charge in [0, 0.05) is 74.1 Å². The second kappa shape index (κ2) is 12.8. The highest BCUT2D eigenvalue weighted by atomic mass is 19.1. The van der Waals surface area contributed by atoms with Crippen LogP contribution in [-0.2, 0) is 16.6 Å². The zero-order valence-electron chi connectivity index (χ0n) is 25.2. The van der Waals surface area contributed by atoms with Crippen LogP contribution in [0.4, 0.5) is 10.2 Å². The van der Waals surface area contributed by atoms with Crippen LogP contribution in [0.15, 0.2) is 55.1 Å². The SMILES string of the molecule is CC[C@](C)(CNc1cc(-c2ccc(CC3CCN(C(C)=O)CC3)nc2)ncn1)c1ccc(F)c2c(C(=O)NC)ccnc12. The number of nitrogens with one attached hydrogen (secondary N) is 2. The zero-order chi connectivity index (χ0) is 30.6. The number of carbonyl (C=O) groups excluding carboxylic acids is 2. The number of rotatable bonds is 9. The standard InChI is InChI=1S/C33H38FN7O2/c1-5-33(3,26-8-9-27(34)30-25(32(43)35-4)10-13-36-31(26)30)19-38-29-17-28(39-20-40-29)23-6-7-24(37-18-23)16-22-11-14-41(15-12-22)21(2)42/h6-10,13,17-18,20,22H,5,11-12,14-16,19H2,1-4H3,(H,35,43)(H,38,39,40)/t33-/m1/s1. The van der Waals surface area contributed by atoms with Gasteiger partial charge < -0.3 is 15.5 Å². The van der Waals surface area contributed by atoms with E-state index < -0.39 is 11.2 Å². The molecule has 4 heterocycles. The molecule has 0 unspecified atom stereocenters. The van der Waals surface area contributed by atoms with E-state index in [1.165, 1.54) is 19.4 Å². The third-order valence-electron chi connectivity index (χ3n) is 8.75. The Morgan fingerprint density at radius 1 is 1.07 bits per heavy atom. The number of piperidine rings is 1. The molecular formula is C33H38FN7O2. The fourth-order valence-corrected chi connectivity index (χ4v) is 5.79. The molecule has 2 N–H and O–H groups in total. The molecule has 1 aromatic carbocycles. The molecule has 0 aliphatic carbocycles. The minimum absolute atomic E-state index is 0.149. The number of hydrogen-bond acceptors (Lipinski definition) is 7. The normalized spacial score (nSPS) is 15.2. The topological polar surface area (TPSA) is 113 Å². The van der Waals surface area contributed by atoms with Crippen molar-refractivity contribution >= 4 is 28.5 Å². The van der Waals surface area contributed by atoms with Gasteiger partial charge in [-0.25, -0.2) is 14.4 Å². The fourth-order valence-electron chi connectivity index (χ4n) is 5.79. The first-order valence-corrected chi connectivity index (χ1v) is 14.8. The molecule has 4 aromatic rings. The van der Waals surface area contributed by atoms with Crippen LogP contribution in [0.3, 0.4) is 0 Å². The van der Waals surface area contributed by atoms with E-state index in [1.54, 1.807) is 25.3 Å². The number of halogens is 1. The van der Waals surface area contributed by atoms with Crippen molar-refractivity contribution in [1.29, 1.82) is 0 Å². The first kappa shape index (κ1) is 30.0. The minimum Gasteiger partial charge on any atom is -0.369 e. The lowest BCUT2D eigenvalue weighted by molar-refractivity contribution is -0.130. The van der Waals surface area contributed by atoms with E-state index in [0.717, 1.165) is 61.3 Å². The molecular weight excluding hydrogens is 545 g/mol. The van der Waals surface area contributed by atoms with E-state index in [2.05, 4.69) is 45.5 Å². The van der Waals surface area contributed by atoms with Gasteiger partial charge in [0.05, 0.1) is 16.8 Å². The van der Waals surface area contributed by atoms with Crippen molar-refractivity contribution in [3.8, 4) is 11.3 Å². The second-order valence-corrected chi connectivity index (χ2v) is 11.5. The summed E-state index contributed by atoms with van der Waals surface area (Å²) in [6.07, 6.45) is 8.57. The lowest BCUT2D eigenvalue weighted by atomic mass is 9.78. The Balaban J connectivity index is 1.30. The molecule has 1 atom stereocenters. The van der Waals surface area contributed by atoms with Crippen LogP contribution in [0.5, 0.6) is 0 Å². The summed E-state index contributed by atoms with van der Waals surface area (Å²) < 4.78 is 15.0. The van der Waals surface area contributed by atoms with Crippen LogP contribution in [0.1, 0.15) is 61.6 Å². The van der Waals surface area contributed by atoms with E-state index in [0.29, 0.717) is 23.8 Å². The molecule has 0 saturated carbocycles. The number of aromatic nitrogens is 4. The van der Waals surface area contributed by atoms with Gasteiger partial charge in [-0.15, -0.1) is 0 Å². The summed E-state index contributed by atoms with van der Waals surface area (Å²) in [6, 6.07) is 10.7. The summed E-state index contributed by atoms with van der Waals surface area (Å²) in [5.74, 6) is 0.509. The van der Waals surface area contributed by atoms with E-state index in [9.17, 15) is 14.0 Å². The molecule has 1 aliphatic heterocycles. The summed E-state index contributed by atoms with van der Waals surface area (Å²) in [5.41, 5.74) is 3.85. The molecule has 5 rings (SSSR count). The van der Waals surface area contributed by atoms with Crippen molar-refractivity contribution in [2.24, 2.45) is 5.92 Å². The Bertz CT molecular complexity index is 1620. The van der Waals surface area contributed by atoms with Crippen molar-refractivity contribution in [3.63, 3.8) is 0 Å². The van der Waals surface area contributed by atoms with Crippen LogP contribution in [0, 0.1) is 11.7 Å². The summed E-state index contributed by atoms with van der Waals surface area (Å²) in [7, 11) is 1.53. The second-order valence-electron chi connectivity index (χ2n) is 11.5. The molecule has 3 aromatic heterocycles. The van der Waals surface area contributed by atoms with Gasteiger partial charge in [-0.1, -0.05) is 19.9 Å². The highest BCUT2D eigenvalue weighted by Gasteiger charge is 2.29.